The molecule has 0 aliphatic carbocycles. The molecule has 35 heavy (non-hydrogen) atoms. The first kappa shape index (κ1) is 23.7. The van der Waals surface area contributed by atoms with Crippen LogP contribution < -0.4 is 16.4 Å². The summed E-state index contributed by atoms with van der Waals surface area (Å²) in [5.41, 5.74) is 10.1. The van der Waals surface area contributed by atoms with Crippen molar-refractivity contribution < 1.29 is 9.59 Å². The second-order valence-corrected chi connectivity index (χ2v) is 8.69. The van der Waals surface area contributed by atoms with E-state index in [4.69, 9.17) is 11.0 Å². The van der Waals surface area contributed by atoms with E-state index >= 15 is 0 Å². The number of benzene rings is 3. The van der Waals surface area contributed by atoms with E-state index in [1.54, 1.807) is 42.5 Å². The number of anilines is 3. The molecule has 1 aliphatic rings. The maximum absolute atomic E-state index is 13.0. The maximum Gasteiger partial charge on any atom is 0.248 e. The number of amides is 2. The molecule has 0 saturated carbocycles. The second kappa shape index (κ2) is 10.7. The van der Waals surface area contributed by atoms with Crippen LogP contribution in [0.25, 0.3) is 6.08 Å². The van der Waals surface area contributed by atoms with Gasteiger partial charge in [-0.2, -0.15) is 5.26 Å². The van der Waals surface area contributed by atoms with Gasteiger partial charge in [0, 0.05) is 30.8 Å². The summed E-state index contributed by atoms with van der Waals surface area (Å²) in [6.45, 7) is 1.44. The summed E-state index contributed by atoms with van der Waals surface area (Å²) >= 11 is 0. The fraction of sp³-hybridized carbons (Fsp3) is 0.179. The van der Waals surface area contributed by atoms with Gasteiger partial charge in [0.25, 0.3) is 0 Å². The Morgan fingerprint density at radius 1 is 1.00 bits per heavy atom. The van der Waals surface area contributed by atoms with E-state index in [0.717, 1.165) is 17.7 Å². The van der Waals surface area contributed by atoms with Gasteiger partial charge in [0.1, 0.15) is 0 Å². The molecule has 2 atom stereocenters. The van der Waals surface area contributed by atoms with Crippen LogP contribution >= 0.6 is 0 Å². The molecule has 7 heteroatoms. The summed E-state index contributed by atoms with van der Waals surface area (Å²) in [5, 5.41) is 14.7. The molecular weight excluding hydrogens is 438 g/mol. The van der Waals surface area contributed by atoms with Gasteiger partial charge >= 0.3 is 0 Å². The fourth-order valence-corrected chi connectivity index (χ4v) is 4.28. The van der Waals surface area contributed by atoms with Crippen LogP contribution in [-0.2, 0) is 9.59 Å². The number of hydrogen-bond donors (Lipinski definition) is 3. The minimum absolute atomic E-state index is 0.0371. The predicted octanol–water partition coefficient (Wildman–Crippen LogP) is 4.08. The summed E-state index contributed by atoms with van der Waals surface area (Å²) in [7, 11) is 2.01. The first-order chi connectivity index (χ1) is 16.9. The first-order valence-corrected chi connectivity index (χ1v) is 11.4. The van der Waals surface area contributed by atoms with Gasteiger partial charge in [-0.1, -0.05) is 36.4 Å². The van der Waals surface area contributed by atoms with E-state index in [1.165, 1.54) is 6.08 Å². The molecule has 2 unspecified atom stereocenters. The Morgan fingerprint density at radius 2 is 1.71 bits per heavy atom. The van der Waals surface area contributed by atoms with Crippen molar-refractivity contribution in [2.24, 2.45) is 5.92 Å². The number of nitrogen functional groups attached to an aromatic ring is 1. The predicted molar refractivity (Wildman–Crippen MR) is 138 cm³/mol. The van der Waals surface area contributed by atoms with Crippen LogP contribution in [0.3, 0.4) is 0 Å². The van der Waals surface area contributed by atoms with E-state index < -0.39 is 0 Å². The summed E-state index contributed by atoms with van der Waals surface area (Å²) in [6, 6.07) is 24.0. The first-order valence-electron chi connectivity index (χ1n) is 11.4. The topological polar surface area (TPSA) is 111 Å². The molecule has 1 saturated heterocycles. The average molecular weight is 466 g/mol. The van der Waals surface area contributed by atoms with Crippen molar-refractivity contribution >= 4 is 35.0 Å². The van der Waals surface area contributed by atoms with Crippen molar-refractivity contribution in [3.05, 3.63) is 95.6 Å². The van der Waals surface area contributed by atoms with Crippen LogP contribution in [0.5, 0.6) is 0 Å². The van der Waals surface area contributed by atoms with Crippen LogP contribution in [0.4, 0.5) is 17.1 Å². The van der Waals surface area contributed by atoms with Crippen molar-refractivity contribution in [1.82, 2.24) is 4.90 Å². The molecule has 0 bridgehead atoms. The molecule has 1 aliphatic heterocycles. The van der Waals surface area contributed by atoms with Crippen LogP contribution in [0, 0.1) is 17.2 Å². The normalized spacial score (nSPS) is 17.7. The molecule has 0 spiro atoms. The van der Waals surface area contributed by atoms with Crippen molar-refractivity contribution in [3.63, 3.8) is 0 Å². The summed E-state index contributed by atoms with van der Waals surface area (Å²) in [6.07, 6.45) is 3.22. The lowest BCUT2D eigenvalue weighted by molar-refractivity contribution is -0.119. The monoisotopic (exact) mass is 465 g/mol. The number of carbonyl (C=O) groups is 2. The van der Waals surface area contributed by atoms with E-state index in [-0.39, 0.29) is 23.7 Å². The second-order valence-electron chi connectivity index (χ2n) is 8.69. The molecule has 3 aromatic rings. The van der Waals surface area contributed by atoms with E-state index in [2.05, 4.69) is 21.6 Å². The maximum atomic E-state index is 13.0. The molecule has 4 N–H and O–H groups in total. The van der Waals surface area contributed by atoms with Gasteiger partial charge in [-0.15, -0.1) is 0 Å². The number of nitrogens with one attached hydrogen (secondary N) is 2. The molecule has 1 fully saturated rings. The Balaban J connectivity index is 1.40. The Labute approximate surface area is 204 Å². The average Bonchev–Trinajstić information content (AvgIpc) is 3.27. The van der Waals surface area contributed by atoms with Crippen molar-refractivity contribution in [2.45, 2.75) is 5.92 Å². The van der Waals surface area contributed by atoms with E-state index in [9.17, 15) is 9.59 Å². The molecule has 1 heterocycles. The van der Waals surface area contributed by atoms with Gasteiger partial charge in [-0.05, 0) is 60.6 Å². The van der Waals surface area contributed by atoms with Gasteiger partial charge in [0.05, 0.1) is 28.9 Å². The zero-order chi connectivity index (χ0) is 24.8. The van der Waals surface area contributed by atoms with Crippen LogP contribution in [-0.4, -0.2) is 36.9 Å². The summed E-state index contributed by atoms with van der Waals surface area (Å²) < 4.78 is 0. The number of nitrogens with two attached hydrogens (primary N) is 1. The Morgan fingerprint density at radius 3 is 2.40 bits per heavy atom. The minimum atomic E-state index is -0.260. The number of likely N-dealkylation sites (tertiary alicyclic amines) is 1. The fourth-order valence-electron chi connectivity index (χ4n) is 4.28. The van der Waals surface area contributed by atoms with Crippen LogP contribution in [0.1, 0.15) is 22.6 Å². The lowest BCUT2D eigenvalue weighted by atomic mass is 9.88. The molecule has 0 aromatic heterocycles. The van der Waals surface area contributed by atoms with Crippen LogP contribution in [0.15, 0.2) is 78.9 Å². The highest BCUT2D eigenvalue weighted by atomic mass is 16.2. The number of nitrogens with zero attached hydrogens (tertiary/aromatic N) is 2. The number of carbonyl (C=O) groups excluding carboxylic acids is 2. The summed E-state index contributed by atoms with van der Waals surface area (Å²) in [4.78, 5) is 27.4. The number of para-hydroxylation sites is 2. The van der Waals surface area contributed by atoms with E-state index in [0.29, 0.717) is 29.2 Å². The molecule has 4 rings (SSSR count). The minimum Gasteiger partial charge on any atom is -0.397 e. The number of nitriles is 1. The van der Waals surface area contributed by atoms with Gasteiger partial charge in [-0.3, -0.25) is 9.59 Å². The van der Waals surface area contributed by atoms with Gasteiger partial charge in [-0.25, -0.2) is 0 Å². The SMILES string of the molecule is CN1CC(C(=O)Nc2ccc(C#N)cc2)C(c2ccc(C=CC(=O)Nc3ccccc3N)cc2)C1. The van der Waals surface area contributed by atoms with Crippen LogP contribution in [0.2, 0.25) is 0 Å². The van der Waals surface area contributed by atoms with Gasteiger partial charge in [0.15, 0.2) is 0 Å². The zero-order valence-corrected chi connectivity index (χ0v) is 19.4. The standard InChI is InChI=1S/C28H27N5O2/c1-33-17-23(24(18-33)28(35)31-22-13-8-20(16-29)9-14-22)21-11-6-19(7-12-21)10-15-27(34)32-26-5-3-2-4-25(26)30/h2-15,23-24H,17-18,30H2,1H3,(H,31,35)(H,32,34). The van der Waals surface area contributed by atoms with E-state index in [1.807, 2.05) is 43.4 Å². The highest BCUT2D eigenvalue weighted by Gasteiger charge is 2.37. The van der Waals surface area contributed by atoms with Crippen molar-refractivity contribution in [2.75, 3.05) is 36.5 Å². The quantitative estimate of drug-likeness (QED) is 0.375. The largest absolute Gasteiger partial charge is 0.397 e. The van der Waals surface area contributed by atoms with Crippen molar-refractivity contribution in [1.29, 1.82) is 5.26 Å². The number of rotatable bonds is 6. The molecule has 176 valence electrons. The third kappa shape index (κ3) is 5.94. The Kier molecular flexibility index (Phi) is 7.24. The smallest absolute Gasteiger partial charge is 0.248 e. The molecule has 2 amide bonds. The lowest BCUT2D eigenvalue weighted by Gasteiger charge is -2.19. The summed E-state index contributed by atoms with van der Waals surface area (Å²) in [5.74, 6) is -0.436. The third-order valence-corrected chi connectivity index (χ3v) is 6.13. The Bertz CT molecular complexity index is 1280. The number of hydrogen-bond acceptors (Lipinski definition) is 5. The molecule has 3 aromatic carbocycles. The highest BCUT2D eigenvalue weighted by Crippen LogP contribution is 2.33. The highest BCUT2D eigenvalue weighted by molar-refractivity contribution is 6.03. The van der Waals surface area contributed by atoms with Crippen molar-refractivity contribution in [3.8, 4) is 6.07 Å². The molecule has 7 nitrogen and oxygen atoms in total. The zero-order valence-electron chi connectivity index (χ0n) is 19.4. The molecule has 0 radical (unpaired) electrons. The molecular formula is C28H27N5O2. The van der Waals surface area contributed by atoms with Gasteiger partial charge < -0.3 is 21.3 Å². The third-order valence-electron chi connectivity index (χ3n) is 6.13. The van der Waals surface area contributed by atoms with Gasteiger partial charge in [0.2, 0.25) is 11.8 Å². The Hall–Kier alpha value is -4.41. The number of likely N-dealkylation sites (N-methyl/N-ethyl adjacent to an activating group) is 1. The lowest BCUT2D eigenvalue weighted by Crippen LogP contribution is -2.28.